The third-order valence-electron chi connectivity index (χ3n) is 4.26. The molecule has 0 saturated heterocycles. The molecule has 2 heterocycles. The molecule has 4 rings (SSSR count). The first-order valence-corrected chi connectivity index (χ1v) is 9.70. The standard InChI is InChI=1S/C20H19N3O4S/c1-12-3-6-15(7-4-12)19-22-23-20(27-19)28-13(2)18(24)21-10-14-5-8-16-17(9-14)26-11-25-16/h3-9,13H,10-11H2,1-2H3,(H,21,24)/t13-/m0/s1. The van der Waals surface area contributed by atoms with Crippen LogP contribution in [0, 0.1) is 6.92 Å². The molecule has 0 aliphatic carbocycles. The van der Waals surface area contributed by atoms with E-state index >= 15 is 0 Å². The highest BCUT2D eigenvalue weighted by Crippen LogP contribution is 2.32. The molecular formula is C20H19N3O4S. The van der Waals surface area contributed by atoms with Gasteiger partial charge in [0.25, 0.3) is 5.22 Å². The number of benzene rings is 2. The number of amides is 1. The fourth-order valence-electron chi connectivity index (χ4n) is 2.66. The van der Waals surface area contributed by atoms with Gasteiger partial charge in [0.1, 0.15) is 0 Å². The second-order valence-electron chi connectivity index (χ2n) is 6.40. The van der Waals surface area contributed by atoms with Gasteiger partial charge in [-0.05, 0) is 43.7 Å². The first-order valence-electron chi connectivity index (χ1n) is 8.82. The number of hydrogen-bond donors (Lipinski definition) is 1. The number of carbonyl (C=O) groups is 1. The first kappa shape index (κ1) is 18.4. The lowest BCUT2D eigenvalue weighted by Gasteiger charge is -2.10. The molecule has 3 aromatic rings. The zero-order valence-corrected chi connectivity index (χ0v) is 16.3. The molecule has 1 amide bonds. The van der Waals surface area contributed by atoms with E-state index < -0.39 is 0 Å². The summed E-state index contributed by atoms with van der Waals surface area (Å²) in [5.74, 6) is 1.75. The fourth-order valence-corrected chi connectivity index (χ4v) is 3.37. The van der Waals surface area contributed by atoms with Crippen LogP contribution in [0.25, 0.3) is 11.5 Å². The van der Waals surface area contributed by atoms with Gasteiger partial charge < -0.3 is 19.2 Å². The third kappa shape index (κ3) is 4.12. The van der Waals surface area contributed by atoms with E-state index in [1.165, 1.54) is 11.8 Å². The van der Waals surface area contributed by atoms with Gasteiger partial charge in [0.15, 0.2) is 11.5 Å². The Morgan fingerprint density at radius 1 is 1.14 bits per heavy atom. The summed E-state index contributed by atoms with van der Waals surface area (Å²) in [6.07, 6.45) is 0. The molecule has 1 aliphatic heterocycles. The molecule has 1 aromatic heterocycles. The van der Waals surface area contributed by atoms with E-state index in [2.05, 4.69) is 15.5 Å². The molecule has 1 aliphatic rings. The number of hydrogen-bond acceptors (Lipinski definition) is 7. The molecule has 0 fully saturated rings. The van der Waals surface area contributed by atoms with Crippen LogP contribution in [0.5, 0.6) is 11.5 Å². The fraction of sp³-hybridized carbons (Fsp3) is 0.250. The monoisotopic (exact) mass is 397 g/mol. The van der Waals surface area contributed by atoms with Crippen molar-refractivity contribution >= 4 is 17.7 Å². The maximum absolute atomic E-state index is 12.4. The zero-order chi connectivity index (χ0) is 19.5. The number of rotatable bonds is 6. The van der Waals surface area contributed by atoms with Crippen molar-refractivity contribution < 1.29 is 18.7 Å². The average Bonchev–Trinajstić information content (AvgIpc) is 3.35. The van der Waals surface area contributed by atoms with Crippen molar-refractivity contribution in [2.75, 3.05) is 6.79 Å². The minimum absolute atomic E-state index is 0.113. The molecule has 1 N–H and O–H groups in total. The first-order chi connectivity index (χ1) is 13.6. The number of ether oxygens (including phenoxy) is 2. The van der Waals surface area contributed by atoms with Crippen molar-refractivity contribution in [3.63, 3.8) is 0 Å². The van der Waals surface area contributed by atoms with E-state index in [1.54, 1.807) is 6.92 Å². The second kappa shape index (κ2) is 7.93. The highest BCUT2D eigenvalue weighted by Gasteiger charge is 2.19. The average molecular weight is 397 g/mol. The van der Waals surface area contributed by atoms with Crippen LogP contribution in [0.4, 0.5) is 0 Å². The van der Waals surface area contributed by atoms with Crippen LogP contribution >= 0.6 is 11.8 Å². The Morgan fingerprint density at radius 2 is 1.93 bits per heavy atom. The predicted octanol–water partition coefficient (Wildman–Crippen LogP) is 3.57. The summed E-state index contributed by atoms with van der Waals surface area (Å²) in [6, 6.07) is 13.4. The van der Waals surface area contributed by atoms with Gasteiger partial charge in [0, 0.05) is 12.1 Å². The van der Waals surface area contributed by atoms with Crippen molar-refractivity contribution in [1.82, 2.24) is 15.5 Å². The molecule has 0 bridgehead atoms. The minimum Gasteiger partial charge on any atom is -0.454 e. The topological polar surface area (TPSA) is 86.5 Å². The third-order valence-corrected chi connectivity index (χ3v) is 5.19. The number of aryl methyl sites for hydroxylation is 1. The molecule has 0 unspecified atom stereocenters. The van der Waals surface area contributed by atoms with Gasteiger partial charge in [0.2, 0.25) is 18.6 Å². The summed E-state index contributed by atoms with van der Waals surface area (Å²) in [4.78, 5) is 12.4. The Morgan fingerprint density at radius 3 is 2.75 bits per heavy atom. The number of fused-ring (bicyclic) bond motifs is 1. The maximum atomic E-state index is 12.4. The Balaban J connectivity index is 1.32. The van der Waals surface area contributed by atoms with Crippen molar-refractivity contribution in [3.8, 4) is 23.0 Å². The molecule has 1 atom stereocenters. The lowest BCUT2D eigenvalue weighted by atomic mass is 10.1. The summed E-state index contributed by atoms with van der Waals surface area (Å²) in [5, 5.41) is 11.0. The molecule has 144 valence electrons. The van der Waals surface area contributed by atoms with Crippen LogP contribution in [0.3, 0.4) is 0 Å². The minimum atomic E-state index is -0.375. The van der Waals surface area contributed by atoms with Gasteiger partial charge >= 0.3 is 0 Å². The van der Waals surface area contributed by atoms with Crippen LogP contribution < -0.4 is 14.8 Å². The van der Waals surface area contributed by atoms with E-state index in [-0.39, 0.29) is 18.0 Å². The van der Waals surface area contributed by atoms with Gasteiger partial charge in [-0.15, -0.1) is 10.2 Å². The lowest BCUT2D eigenvalue weighted by molar-refractivity contribution is -0.120. The molecule has 8 heteroatoms. The number of carbonyl (C=O) groups excluding carboxylic acids is 1. The highest BCUT2D eigenvalue weighted by molar-refractivity contribution is 8.00. The van der Waals surface area contributed by atoms with Crippen molar-refractivity contribution in [2.24, 2.45) is 0 Å². The molecule has 0 spiro atoms. The highest BCUT2D eigenvalue weighted by atomic mass is 32.2. The Labute approximate surface area is 166 Å². The summed E-state index contributed by atoms with van der Waals surface area (Å²) >= 11 is 1.23. The molecule has 28 heavy (non-hydrogen) atoms. The number of aromatic nitrogens is 2. The number of nitrogens with one attached hydrogen (secondary N) is 1. The number of thioether (sulfide) groups is 1. The lowest BCUT2D eigenvalue weighted by Crippen LogP contribution is -2.30. The predicted molar refractivity (Wildman–Crippen MR) is 104 cm³/mol. The summed E-state index contributed by atoms with van der Waals surface area (Å²) in [7, 11) is 0. The molecule has 0 saturated carbocycles. The van der Waals surface area contributed by atoms with Crippen LogP contribution in [-0.2, 0) is 11.3 Å². The van der Waals surface area contributed by atoms with Crippen LogP contribution in [0.2, 0.25) is 0 Å². The van der Waals surface area contributed by atoms with Crippen LogP contribution in [0.15, 0.2) is 52.1 Å². The van der Waals surface area contributed by atoms with Gasteiger partial charge in [-0.3, -0.25) is 4.79 Å². The van der Waals surface area contributed by atoms with Crippen molar-refractivity contribution in [3.05, 3.63) is 53.6 Å². The number of nitrogens with zero attached hydrogens (tertiary/aromatic N) is 2. The summed E-state index contributed by atoms with van der Waals surface area (Å²) in [6.45, 7) is 4.45. The Hall–Kier alpha value is -3.00. The SMILES string of the molecule is Cc1ccc(-c2nnc(S[C@@H](C)C(=O)NCc3ccc4c(c3)OCO4)o2)cc1. The van der Waals surface area contributed by atoms with E-state index in [9.17, 15) is 4.79 Å². The summed E-state index contributed by atoms with van der Waals surface area (Å²) < 4.78 is 16.3. The van der Waals surface area contributed by atoms with Crippen molar-refractivity contribution in [2.45, 2.75) is 30.9 Å². The molecule has 2 aromatic carbocycles. The largest absolute Gasteiger partial charge is 0.454 e. The van der Waals surface area contributed by atoms with E-state index in [4.69, 9.17) is 13.9 Å². The van der Waals surface area contributed by atoms with Gasteiger partial charge in [0.05, 0.1) is 5.25 Å². The molecule has 0 radical (unpaired) electrons. The van der Waals surface area contributed by atoms with Crippen LogP contribution in [-0.4, -0.2) is 28.1 Å². The van der Waals surface area contributed by atoms with Crippen LogP contribution in [0.1, 0.15) is 18.1 Å². The second-order valence-corrected chi connectivity index (χ2v) is 7.70. The molecular weight excluding hydrogens is 378 g/mol. The Bertz CT molecular complexity index is 987. The zero-order valence-electron chi connectivity index (χ0n) is 15.5. The van der Waals surface area contributed by atoms with Gasteiger partial charge in [-0.25, -0.2) is 0 Å². The van der Waals surface area contributed by atoms with E-state index in [1.807, 2.05) is 49.4 Å². The quantitative estimate of drug-likeness (QED) is 0.636. The van der Waals surface area contributed by atoms with Crippen molar-refractivity contribution in [1.29, 1.82) is 0 Å². The Kier molecular flexibility index (Phi) is 5.21. The van der Waals surface area contributed by atoms with Gasteiger partial charge in [-0.1, -0.05) is 35.5 Å². The van der Waals surface area contributed by atoms with E-state index in [0.29, 0.717) is 23.4 Å². The smallest absolute Gasteiger partial charge is 0.277 e. The molecule has 7 nitrogen and oxygen atoms in total. The van der Waals surface area contributed by atoms with Gasteiger partial charge in [-0.2, -0.15) is 0 Å². The summed E-state index contributed by atoms with van der Waals surface area (Å²) in [5.41, 5.74) is 2.95. The maximum Gasteiger partial charge on any atom is 0.277 e. The van der Waals surface area contributed by atoms with E-state index in [0.717, 1.165) is 22.4 Å². The normalized spacial score (nSPS) is 13.4.